The molecule has 1 radical (unpaired) electrons. The summed E-state index contributed by atoms with van der Waals surface area (Å²) in [5.41, 5.74) is 2.21. The number of carboxylic acid groups (broad SMARTS) is 1. The SMILES string of the molecule is O=C(CCc1ccccc1)N[C@@H](CSCc1ccccc1)C(=O)O.[K]. The molecule has 0 bridgehead atoms. The van der Waals surface area contributed by atoms with Crippen LogP contribution in [0.1, 0.15) is 17.5 Å². The van der Waals surface area contributed by atoms with Gasteiger partial charge in [0.1, 0.15) is 6.04 Å². The molecule has 1 amide bonds. The molecule has 0 saturated heterocycles. The van der Waals surface area contributed by atoms with E-state index in [0.29, 0.717) is 12.2 Å². The largest absolute Gasteiger partial charge is 0.480 e. The third-order valence-electron chi connectivity index (χ3n) is 3.51. The third-order valence-corrected chi connectivity index (χ3v) is 4.62. The Kier molecular flexibility index (Phi) is 11.4. The van der Waals surface area contributed by atoms with Crippen LogP contribution in [0.5, 0.6) is 0 Å². The first-order chi connectivity index (χ1) is 11.6. The summed E-state index contributed by atoms with van der Waals surface area (Å²) in [4.78, 5) is 23.3. The standard InChI is InChI=1S/C19H21NO3S.K/c21-18(12-11-15-7-3-1-4-8-15)20-17(19(22)23)14-24-13-16-9-5-2-6-10-16;/h1-10,17H,11-14H2,(H,20,21)(H,22,23);/t17-;/m0./s1. The molecule has 0 unspecified atom stereocenters. The van der Waals surface area contributed by atoms with Crippen molar-refractivity contribution in [3.63, 3.8) is 0 Å². The Balaban J connectivity index is 0.00000312. The number of benzene rings is 2. The van der Waals surface area contributed by atoms with Gasteiger partial charge in [-0.3, -0.25) is 4.79 Å². The molecule has 0 aromatic heterocycles. The number of thioether (sulfide) groups is 1. The van der Waals surface area contributed by atoms with Gasteiger partial charge in [-0.05, 0) is 17.5 Å². The molecule has 0 spiro atoms. The van der Waals surface area contributed by atoms with E-state index < -0.39 is 12.0 Å². The van der Waals surface area contributed by atoms with Crippen LogP contribution < -0.4 is 5.32 Å². The van der Waals surface area contributed by atoms with Crippen LogP contribution in [0.4, 0.5) is 0 Å². The third kappa shape index (κ3) is 9.03. The van der Waals surface area contributed by atoms with Crippen LogP contribution >= 0.6 is 11.8 Å². The van der Waals surface area contributed by atoms with Gasteiger partial charge >= 0.3 is 5.97 Å². The van der Waals surface area contributed by atoms with Crippen LogP contribution in [0.25, 0.3) is 0 Å². The van der Waals surface area contributed by atoms with E-state index in [-0.39, 0.29) is 63.7 Å². The minimum absolute atomic E-state index is 0. The van der Waals surface area contributed by atoms with Crippen molar-refractivity contribution in [3.8, 4) is 0 Å². The van der Waals surface area contributed by atoms with Crippen LogP contribution in [0.15, 0.2) is 60.7 Å². The molecule has 2 rings (SSSR count). The number of hydrogen-bond donors (Lipinski definition) is 2. The van der Waals surface area contributed by atoms with Gasteiger partial charge in [-0.2, -0.15) is 11.8 Å². The van der Waals surface area contributed by atoms with Gasteiger partial charge in [0.15, 0.2) is 0 Å². The van der Waals surface area contributed by atoms with E-state index in [1.165, 1.54) is 11.8 Å². The van der Waals surface area contributed by atoms with E-state index in [4.69, 9.17) is 0 Å². The average Bonchev–Trinajstić information content (AvgIpc) is 2.61. The summed E-state index contributed by atoms with van der Waals surface area (Å²) in [5, 5.41) is 11.9. The van der Waals surface area contributed by atoms with E-state index in [1.54, 1.807) is 0 Å². The molecule has 6 heteroatoms. The van der Waals surface area contributed by atoms with Crippen LogP contribution in [0.3, 0.4) is 0 Å². The monoisotopic (exact) mass is 382 g/mol. The van der Waals surface area contributed by atoms with Gasteiger partial charge in [0, 0.05) is 69.3 Å². The summed E-state index contributed by atoms with van der Waals surface area (Å²) in [5.74, 6) is -0.151. The number of aryl methyl sites for hydroxylation is 1. The maximum absolute atomic E-state index is 12.0. The fraction of sp³-hybridized carbons (Fsp3) is 0.263. The van der Waals surface area contributed by atoms with Crippen molar-refractivity contribution in [2.24, 2.45) is 0 Å². The predicted molar refractivity (Wildman–Crippen MR) is 103 cm³/mol. The Bertz CT molecular complexity index is 652. The molecule has 4 nitrogen and oxygen atoms in total. The maximum Gasteiger partial charge on any atom is 0.327 e. The van der Waals surface area contributed by atoms with Gasteiger partial charge in [-0.25, -0.2) is 4.79 Å². The van der Waals surface area contributed by atoms with Gasteiger partial charge < -0.3 is 10.4 Å². The normalized spacial score (nSPS) is 11.2. The minimum atomic E-state index is -0.997. The summed E-state index contributed by atoms with van der Waals surface area (Å²) in [6.07, 6.45) is 0.896. The second-order valence-corrected chi connectivity index (χ2v) is 6.47. The molecule has 1 atom stereocenters. The fourth-order valence-electron chi connectivity index (χ4n) is 2.21. The van der Waals surface area contributed by atoms with Crippen molar-refractivity contribution < 1.29 is 14.7 Å². The molecule has 0 saturated carbocycles. The van der Waals surface area contributed by atoms with Crippen molar-refractivity contribution in [1.82, 2.24) is 5.32 Å². The van der Waals surface area contributed by atoms with Gasteiger partial charge in [-0.15, -0.1) is 0 Å². The van der Waals surface area contributed by atoms with E-state index in [1.807, 2.05) is 60.7 Å². The summed E-state index contributed by atoms with van der Waals surface area (Å²) in [7, 11) is 0. The summed E-state index contributed by atoms with van der Waals surface area (Å²) >= 11 is 1.50. The number of carbonyl (C=O) groups is 2. The zero-order valence-electron chi connectivity index (χ0n) is 14.4. The van der Waals surface area contributed by atoms with Crippen LogP contribution in [-0.4, -0.2) is 80.2 Å². The van der Waals surface area contributed by atoms with Crippen LogP contribution in [-0.2, 0) is 21.8 Å². The Hall–Kier alpha value is -0.634. The molecular formula is C19H21KNO3S. The molecule has 2 N–H and O–H groups in total. The predicted octanol–water partition coefficient (Wildman–Crippen LogP) is 2.74. The molecule has 0 aliphatic rings. The number of rotatable bonds is 9. The van der Waals surface area contributed by atoms with Gasteiger partial charge in [0.2, 0.25) is 5.91 Å². The maximum atomic E-state index is 12.0. The minimum Gasteiger partial charge on any atom is -0.480 e. The average molecular weight is 383 g/mol. The van der Waals surface area contributed by atoms with Crippen molar-refractivity contribution >= 4 is 75.0 Å². The number of carboxylic acids is 1. The molecule has 0 aliphatic heterocycles. The van der Waals surface area contributed by atoms with Gasteiger partial charge in [0.25, 0.3) is 0 Å². The van der Waals surface area contributed by atoms with E-state index >= 15 is 0 Å². The number of aliphatic carboxylic acids is 1. The molecule has 2 aromatic carbocycles. The van der Waals surface area contributed by atoms with Crippen molar-refractivity contribution in [2.45, 2.75) is 24.6 Å². The molecule has 127 valence electrons. The number of carbonyl (C=O) groups excluding carboxylic acids is 1. The molecule has 0 heterocycles. The molecule has 2 aromatic rings. The number of nitrogens with one attached hydrogen (secondary N) is 1. The van der Waals surface area contributed by atoms with E-state index in [9.17, 15) is 14.7 Å². The Labute approximate surface area is 195 Å². The van der Waals surface area contributed by atoms with Crippen LogP contribution in [0.2, 0.25) is 0 Å². The van der Waals surface area contributed by atoms with Crippen molar-refractivity contribution in [3.05, 3.63) is 71.8 Å². The van der Waals surface area contributed by atoms with Crippen molar-refractivity contribution in [1.29, 1.82) is 0 Å². The smallest absolute Gasteiger partial charge is 0.327 e. The summed E-state index contributed by atoms with van der Waals surface area (Å²) in [6, 6.07) is 18.7. The Morgan fingerprint density at radius 2 is 1.52 bits per heavy atom. The van der Waals surface area contributed by atoms with E-state index in [0.717, 1.165) is 16.9 Å². The number of hydrogen-bond acceptors (Lipinski definition) is 3. The first-order valence-electron chi connectivity index (χ1n) is 7.83. The Morgan fingerprint density at radius 3 is 2.08 bits per heavy atom. The second kappa shape index (κ2) is 12.7. The van der Waals surface area contributed by atoms with Gasteiger partial charge in [-0.1, -0.05) is 60.7 Å². The number of amides is 1. The molecular weight excluding hydrogens is 361 g/mol. The zero-order valence-corrected chi connectivity index (χ0v) is 18.3. The fourth-order valence-corrected chi connectivity index (χ4v) is 3.22. The van der Waals surface area contributed by atoms with Crippen molar-refractivity contribution in [2.75, 3.05) is 5.75 Å². The topological polar surface area (TPSA) is 66.4 Å². The van der Waals surface area contributed by atoms with Crippen LogP contribution in [0, 0.1) is 0 Å². The zero-order chi connectivity index (χ0) is 17.2. The van der Waals surface area contributed by atoms with Gasteiger partial charge in [0.05, 0.1) is 0 Å². The first kappa shape index (κ1) is 22.4. The molecule has 0 fully saturated rings. The Morgan fingerprint density at radius 1 is 0.960 bits per heavy atom. The molecule has 0 aliphatic carbocycles. The first-order valence-corrected chi connectivity index (χ1v) is 8.98. The summed E-state index contributed by atoms with van der Waals surface area (Å²) < 4.78 is 0. The quantitative estimate of drug-likeness (QED) is 0.655. The summed E-state index contributed by atoms with van der Waals surface area (Å²) in [6.45, 7) is 0. The second-order valence-electron chi connectivity index (χ2n) is 5.44. The van der Waals surface area contributed by atoms with E-state index in [2.05, 4.69) is 5.32 Å². The molecule has 25 heavy (non-hydrogen) atoms.